The molecule has 11 heavy (non-hydrogen) atoms. The Bertz CT molecular complexity index is 293. The van der Waals surface area contributed by atoms with Crippen LogP contribution < -0.4 is 9.68 Å². The van der Waals surface area contributed by atoms with E-state index < -0.39 is 0 Å². The molecule has 0 N–H and O–H groups in total. The Morgan fingerprint density at radius 2 is 1.73 bits per heavy atom. The highest BCUT2D eigenvalue weighted by Gasteiger charge is 2.20. The highest BCUT2D eigenvalue weighted by Crippen LogP contribution is 2.32. The van der Waals surface area contributed by atoms with Gasteiger partial charge in [-0.15, -0.1) is 0 Å². The van der Waals surface area contributed by atoms with Crippen molar-refractivity contribution < 1.29 is 9.68 Å². The van der Waals surface area contributed by atoms with E-state index in [2.05, 4.69) is 0 Å². The summed E-state index contributed by atoms with van der Waals surface area (Å²) in [6.07, 6.45) is 1.70. The van der Waals surface area contributed by atoms with Crippen LogP contribution in [0, 0.1) is 11.5 Å². The van der Waals surface area contributed by atoms with Crippen molar-refractivity contribution in [3.05, 3.63) is 24.3 Å². The molecule has 0 aliphatic carbocycles. The van der Waals surface area contributed by atoms with Gasteiger partial charge in [-0.2, -0.15) is 5.26 Å². The van der Waals surface area contributed by atoms with Gasteiger partial charge in [-0.05, 0) is 12.1 Å². The van der Waals surface area contributed by atoms with Crippen molar-refractivity contribution in [2.45, 2.75) is 0 Å². The number of hydrogen-bond acceptors (Lipinski definition) is 4. The average Bonchev–Trinajstić information content (AvgIpc) is 2.46. The maximum Gasteiger partial charge on any atom is 0.259 e. The van der Waals surface area contributed by atoms with Crippen molar-refractivity contribution in [3.8, 4) is 17.7 Å². The molecule has 0 bridgehead atoms. The smallest absolute Gasteiger partial charge is 0.259 e. The molecule has 1 aliphatic heterocycles. The molecule has 0 atom stereocenters. The zero-order chi connectivity index (χ0) is 7.68. The molecule has 1 heterocycles. The van der Waals surface area contributed by atoms with Gasteiger partial charge in [0.15, 0.2) is 0 Å². The van der Waals surface area contributed by atoms with Gasteiger partial charge in [0, 0.05) is 5.23 Å². The summed E-state index contributed by atoms with van der Waals surface area (Å²) in [5.41, 5.74) is 0. The van der Waals surface area contributed by atoms with Gasteiger partial charge in [-0.1, -0.05) is 12.1 Å². The maximum absolute atomic E-state index is 8.36. The Kier molecular flexibility index (Phi) is 1.10. The fraction of sp³-hybridized carbons (Fsp3) is 0. The van der Waals surface area contributed by atoms with E-state index in [1.54, 1.807) is 18.3 Å². The van der Waals surface area contributed by atoms with Crippen molar-refractivity contribution in [3.63, 3.8) is 0 Å². The lowest BCUT2D eigenvalue weighted by Gasteiger charge is -1.99. The molecule has 4 heteroatoms. The van der Waals surface area contributed by atoms with E-state index in [1.807, 2.05) is 12.1 Å². The molecule has 0 saturated heterocycles. The number of fused-ring (bicyclic) bond motifs is 1. The molecule has 0 saturated carbocycles. The number of benzene rings is 1. The highest BCUT2D eigenvalue weighted by atomic mass is 17.0. The predicted octanol–water partition coefficient (Wildman–Crippen LogP) is 1.07. The van der Waals surface area contributed by atoms with Crippen LogP contribution in [0.3, 0.4) is 0 Å². The summed E-state index contributed by atoms with van der Waals surface area (Å²) in [7, 11) is 0. The van der Waals surface area contributed by atoms with Crippen LogP contribution in [-0.2, 0) is 0 Å². The van der Waals surface area contributed by atoms with Crippen molar-refractivity contribution in [2.75, 3.05) is 0 Å². The van der Waals surface area contributed by atoms with Crippen LogP contribution in [0.25, 0.3) is 0 Å². The Hall–Kier alpha value is -1.89. The molecule has 0 amide bonds. The van der Waals surface area contributed by atoms with Crippen LogP contribution in [0.1, 0.15) is 0 Å². The van der Waals surface area contributed by atoms with Gasteiger partial charge >= 0.3 is 0 Å². The Labute approximate surface area is 63.1 Å². The van der Waals surface area contributed by atoms with Gasteiger partial charge in [-0.3, -0.25) is 0 Å². The van der Waals surface area contributed by atoms with E-state index in [0.29, 0.717) is 11.5 Å². The second kappa shape index (κ2) is 2.06. The third kappa shape index (κ3) is 0.829. The summed E-state index contributed by atoms with van der Waals surface area (Å²) in [5.74, 6) is 1.13. The van der Waals surface area contributed by atoms with Gasteiger partial charge in [0.2, 0.25) is 11.5 Å². The van der Waals surface area contributed by atoms with Crippen LogP contribution in [0.5, 0.6) is 11.5 Å². The third-order valence-electron chi connectivity index (χ3n) is 1.29. The number of hydroxylamine groups is 2. The van der Waals surface area contributed by atoms with E-state index >= 15 is 0 Å². The van der Waals surface area contributed by atoms with Crippen LogP contribution in [0.15, 0.2) is 24.3 Å². The van der Waals surface area contributed by atoms with Crippen LogP contribution in [0.4, 0.5) is 0 Å². The summed E-state index contributed by atoms with van der Waals surface area (Å²) in [6.45, 7) is 0. The molecule has 0 radical (unpaired) electrons. The van der Waals surface area contributed by atoms with Crippen molar-refractivity contribution >= 4 is 0 Å². The lowest BCUT2D eigenvalue weighted by molar-refractivity contribution is -0.172. The topological polar surface area (TPSA) is 45.5 Å². The van der Waals surface area contributed by atoms with Crippen LogP contribution >= 0.6 is 0 Å². The standard InChI is InChI=1S/C7H4N2O2/c8-5-9-10-6-3-1-2-4-7(6)11-9/h1-4H. The zero-order valence-electron chi connectivity index (χ0n) is 5.52. The second-order valence-corrected chi connectivity index (χ2v) is 1.99. The lowest BCUT2D eigenvalue weighted by atomic mass is 10.3. The summed E-state index contributed by atoms with van der Waals surface area (Å²) >= 11 is 0. The number of hydrogen-bond donors (Lipinski definition) is 0. The van der Waals surface area contributed by atoms with Gasteiger partial charge in [0.1, 0.15) is 0 Å². The fourth-order valence-corrected chi connectivity index (χ4v) is 0.839. The lowest BCUT2D eigenvalue weighted by Crippen LogP contribution is -2.18. The fourth-order valence-electron chi connectivity index (χ4n) is 0.839. The molecular weight excluding hydrogens is 144 g/mol. The van der Waals surface area contributed by atoms with Gasteiger partial charge in [-0.25, -0.2) is 0 Å². The minimum atomic E-state index is 0.564. The molecular formula is C7H4N2O2. The molecule has 54 valence electrons. The second-order valence-electron chi connectivity index (χ2n) is 1.99. The first-order valence-electron chi connectivity index (χ1n) is 3.05. The number of nitriles is 1. The molecule has 1 aromatic rings. The van der Waals surface area contributed by atoms with E-state index in [4.69, 9.17) is 14.9 Å². The monoisotopic (exact) mass is 148 g/mol. The van der Waals surface area contributed by atoms with E-state index in [-0.39, 0.29) is 0 Å². The van der Waals surface area contributed by atoms with E-state index in [9.17, 15) is 0 Å². The molecule has 2 rings (SSSR count). The Morgan fingerprint density at radius 3 is 2.18 bits per heavy atom. The quantitative estimate of drug-likeness (QED) is 0.516. The molecule has 1 aliphatic rings. The SMILES string of the molecule is N#CN1Oc2ccccc2O1. The summed E-state index contributed by atoms with van der Waals surface area (Å²) in [4.78, 5) is 9.81. The van der Waals surface area contributed by atoms with Crippen molar-refractivity contribution in [2.24, 2.45) is 0 Å². The van der Waals surface area contributed by atoms with Gasteiger partial charge < -0.3 is 9.68 Å². The number of rotatable bonds is 0. The molecule has 1 aromatic carbocycles. The van der Waals surface area contributed by atoms with Crippen molar-refractivity contribution in [1.82, 2.24) is 5.23 Å². The van der Waals surface area contributed by atoms with Crippen LogP contribution in [-0.4, -0.2) is 5.23 Å². The normalized spacial score (nSPS) is 12.8. The minimum Gasteiger partial charge on any atom is -0.333 e. The average molecular weight is 148 g/mol. The number of nitrogens with zero attached hydrogens (tertiary/aromatic N) is 2. The molecule has 0 aromatic heterocycles. The largest absolute Gasteiger partial charge is 0.333 e. The summed E-state index contributed by atoms with van der Waals surface area (Å²) in [6, 6.07) is 7.07. The van der Waals surface area contributed by atoms with Crippen molar-refractivity contribution in [1.29, 1.82) is 5.26 Å². The van der Waals surface area contributed by atoms with E-state index in [1.165, 1.54) is 0 Å². The summed E-state index contributed by atoms with van der Waals surface area (Å²) in [5, 5.41) is 9.12. The van der Waals surface area contributed by atoms with Gasteiger partial charge in [0.05, 0.1) is 0 Å². The Morgan fingerprint density at radius 1 is 1.18 bits per heavy atom. The minimum absolute atomic E-state index is 0.564. The zero-order valence-corrected chi connectivity index (χ0v) is 5.52. The first-order chi connectivity index (χ1) is 5.40. The first-order valence-corrected chi connectivity index (χ1v) is 3.05. The highest BCUT2D eigenvalue weighted by molar-refractivity contribution is 5.40. The maximum atomic E-state index is 8.36. The van der Waals surface area contributed by atoms with Crippen LogP contribution in [0.2, 0.25) is 0 Å². The first kappa shape index (κ1) is 5.86. The molecule has 4 nitrogen and oxygen atoms in total. The number of para-hydroxylation sites is 2. The third-order valence-corrected chi connectivity index (χ3v) is 1.29. The molecule has 0 fully saturated rings. The Balaban J connectivity index is 2.35. The summed E-state index contributed by atoms with van der Waals surface area (Å²) < 4.78 is 0. The van der Waals surface area contributed by atoms with Gasteiger partial charge in [0.25, 0.3) is 6.19 Å². The van der Waals surface area contributed by atoms with E-state index in [0.717, 1.165) is 5.23 Å². The predicted molar refractivity (Wildman–Crippen MR) is 35.2 cm³/mol. The molecule has 0 unspecified atom stereocenters. The molecule has 0 spiro atoms.